The van der Waals surface area contributed by atoms with E-state index in [4.69, 9.17) is 19.0 Å². The number of primary sulfonamides is 1. The first-order chi connectivity index (χ1) is 16.1. The summed E-state index contributed by atoms with van der Waals surface area (Å²) in [6.45, 7) is 6.42. The predicted octanol–water partition coefficient (Wildman–Crippen LogP) is 2.85. The summed E-state index contributed by atoms with van der Waals surface area (Å²) < 4.78 is 43.6. The molecule has 0 radical (unpaired) electrons. The highest BCUT2D eigenvalue weighted by atomic mass is 32.2. The van der Waals surface area contributed by atoms with Crippen LogP contribution < -0.4 is 20.0 Å². The van der Waals surface area contributed by atoms with E-state index in [0.29, 0.717) is 52.5 Å². The van der Waals surface area contributed by atoms with Crippen molar-refractivity contribution >= 4 is 21.0 Å². The van der Waals surface area contributed by atoms with Gasteiger partial charge in [-0.15, -0.1) is 0 Å². The molecule has 0 spiro atoms. The lowest BCUT2D eigenvalue weighted by Gasteiger charge is -2.19. The van der Waals surface area contributed by atoms with Crippen molar-refractivity contribution in [1.82, 2.24) is 14.8 Å². The van der Waals surface area contributed by atoms with E-state index in [1.807, 2.05) is 13.0 Å². The predicted molar refractivity (Wildman–Crippen MR) is 123 cm³/mol. The first-order valence-corrected chi connectivity index (χ1v) is 12.1. The Hall–Kier alpha value is -3.70. The Morgan fingerprint density at radius 2 is 2.06 bits per heavy atom. The van der Waals surface area contributed by atoms with Crippen LogP contribution in [-0.2, 0) is 16.6 Å². The number of ether oxygens (including phenoxy) is 2. The Kier molecular flexibility index (Phi) is 5.18. The first-order valence-electron chi connectivity index (χ1n) is 10.6. The summed E-state index contributed by atoms with van der Waals surface area (Å²) in [7, 11) is -4.10. The number of sulfonamides is 1. The Labute approximate surface area is 195 Å². The number of nitrogens with two attached hydrogens (primary N) is 1. The van der Waals surface area contributed by atoms with Crippen LogP contribution in [0, 0.1) is 13.8 Å². The van der Waals surface area contributed by atoms with E-state index in [1.54, 1.807) is 36.9 Å². The first kappa shape index (κ1) is 22.1. The van der Waals surface area contributed by atoms with Gasteiger partial charge in [-0.2, -0.15) is 5.10 Å². The fourth-order valence-corrected chi connectivity index (χ4v) is 4.73. The van der Waals surface area contributed by atoms with Gasteiger partial charge in [-0.3, -0.25) is 4.79 Å². The minimum absolute atomic E-state index is 0.00434. The van der Waals surface area contributed by atoms with Gasteiger partial charge in [0.05, 0.1) is 23.7 Å². The van der Waals surface area contributed by atoms with E-state index in [-0.39, 0.29) is 16.2 Å². The van der Waals surface area contributed by atoms with Gasteiger partial charge in [0.1, 0.15) is 24.1 Å². The molecule has 1 atom stereocenters. The molecule has 0 bridgehead atoms. The Bertz CT molecular complexity index is 1610. The highest BCUT2D eigenvalue weighted by molar-refractivity contribution is 7.89. The summed E-state index contributed by atoms with van der Waals surface area (Å²) in [4.78, 5) is 17.2. The molecule has 0 fully saturated rings. The van der Waals surface area contributed by atoms with Gasteiger partial charge in [0.15, 0.2) is 11.2 Å². The van der Waals surface area contributed by atoms with Crippen molar-refractivity contribution < 1.29 is 22.3 Å². The number of aryl methyl sites for hydroxylation is 1. The molecule has 4 aromatic rings. The molecule has 0 saturated heterocycles. The van der Waals surface area contributed by atoms with Crippen molar-refractivity contribution in [1.29, 1.82) is 0 Å². The smallest absolute Gasteiger partial charge is 0.259 e. The number of benzene rings is 1. The summed E-state index contributed by atoms with van der Waals surface area (Å²) in [5.74, 6) is 0.922. The fraction of sp³-hybridized carbons (Fsp3) is 0.261. The fourth-order valence-electron chi connectivity index (χ4n) is 4.13. The molecule has 34 heavy (non-hydrogen) atoms. The molecular weight excluding hydrogens is 460 g/mol. The van der Waals surface area contributed by atoms with Gasteiger partial charge in [0.25, 0.3) is 10.0 Å². The minimum Gasteiger partial charge on any atom is -0.483 e. The van der Waals surface area contributed by atoms with Gasteiger partial charge < -0.3 is 13.9 Å². The van der Waals surface area contributed by atoms with Gasteiger partial charge in [-0.05, 0) is 50.6 Å². The van der Waals surface area contributed by atoms with Gasteiger partial charge in [-0.25, -0.2) is 23.2 Å². The molecule has 10 nitrogen and oxygen atoms in total. The molecule has 1 aliphatic rings. The van der Waals surface area contributed by atoms with Crippen LogP contribution in [0.2, 0.25) is 0 Å². The molecule has 1 aliphatic heterocycles. The SMILES string of the molecule is Cc1cc([C@@H](C)Oc2cccnc2S(N)(=O)=O)c2oc(-c3cnn4c3OCC4)c(C)c(=O)c2c1. The van der Waals surface area contributed by atoms with Gasteiger partial charge in [0, 0.05) is 17.3 Å². The summed E-state index contributed by atoms with van der Waals surface area (Å²) in [6, 6.07) is 6.61. The van der Waals surface area contributed by atoms with Crippen LogP contribution in [0.25, 0.3) is 22.3 Å². The Balaban J connectivity index is 1.68. The van der Waals surface area contributed by atoms with Gasteiger partial charge in [0.2, 0.25) is 10.9 Å². The molecule has 4 heterocycles. The molecule has 5 rings (SSSR count). The van der Waals surface area contributed by atoms with E-state index in [1.165, 1.54) is 12.3 Å². The molecule has 0 aliphatic carbocycles. The van der Waals surface area contributed by atoms with Crippen LogP contribution in [0.4, 0.5) is 0 Å². The zero-order valence-corrected chi connectivity index (χ0v) is 19.5. The molecule has 0 unspecified atom stereocenters. The van der Waals surface area contributed by atoms with Crippen LogP contribution >= 0.6 is 0 Å². The third-order valence-electron chi connectivity index (χ3n) is 5.72. The van der Waals surface area contributed by atoms with Crippen LogP contribution in [0.1, 0.15) is 29.7 Å². The maximum atomic E-state index is 13.3. The standard InChI is InChI=1S/C23H22N4O6S/c1-12-9-15(14(3)32-18-5-4-6-25-22(18)34(24,29)30)21-16(10-12)19(28)13(2)20(33-21)17-11-26-27-7-8-31-23(17)27/h4-6,9-11,14H,7-8H2,1-3H3,(H2,24,29,30)/t14-/m1/s1. The minimum atomic E-state index is -4.10. The maximum absolute atomic E-state index is 13.3. The number of fused-ring (bicyclic) bond motifs is 2. The quantitative estimate of drug-likeness (QED) is 0.458. The van der Waals surface area contributed by atoms with Crippen LogP contribution in [0.5, 0.6) is 11.6 Å². The third kappa shape index (κ3) is 3.62. The van der Waals surface area contributed by atoms with Crippen LogP contribution in [0.15, 0.2) is 50.9 Å². The van der Waals surface area contributed by atoms with Gasteiger partial charge >= 0.3 is 0 Å². The lowest BCUT2D eigenvalue weighted by molar-refractivity contribution is 0.219. The maximum Gasteiger partial charge on any atom is 0.259 e. The average molecular weight is 483 g/mol. The van der Waals surface area contributed by atoms with Crippen molar-refractivity contribution in [3.05, 3.63) is 63.6 Å². The van der Waals surface area contributed by atoms with Gasteiger partial charge in [-0.1, -0.05) is 0 Å². The van der Waals surface area contributed by atoms with Crippen LogP contribution in [0.3, 0.4) is 0 Å². The number of aromatic nitrogens is 3. The second-order valence-electron chi connectivity index (χ2n) is 8.16. The molecule has 1 aromatic carbocycles. The zero-order chi connectivity index (χ0) is 24.2. The molecule has 0 saturated carbocycles. The normalized spacial score (nSPS) is 14.1. The summed E-state index contributed by atoms with van der Waals surface area (Å²) in [5, 5.41) is 9.63. The summed E-state index contributed by atoms with van der Waals surface area (Å²) in [6.07, 6.45) is 2.24. The van der Waals surface area contributed by atoms with Crippen molar-refractivity contribution in [3.63, 3.8) is 0 Å². The van der Waals surface area contributed by atoms with Crippen LogP contribution in [-0.4, -0.2) is 29.8 Å². The average Bonchev–Trinajstić information content (AvgIpc) is 3.40. The molecular formula is C23H22N4O6S. The Morgan fingerprint density at radius 3 is 2.82 bits per heavy atom. The number of hydrogen-bond acceptors (Lipinski definition) is 8. The van der Waals surface area contributed by atoms with Crippen molar-refractivity contribution in [2.75, 3.05) is 6.61 Å². The molecule has 2 N–H and O–H groups in total. The van der Waals surface area contributed by atoms with E-state index >= 15 is 0 Å². The lowest BCUT2D eigenvalue weighted by atomic mass is 10.0. The highest BCUT2D eigenvalue weighted by Gasteiger charge is 2.26. The van der Waals surface area contributed by atoms with E-state index in [0.717, 1.165) is 5.56 Å². The topological polar surface area (TPSA) is 140 Å². The third-order valence-corrected chi connectivity index (χ3v) is 6.56. The number of rotatable bonds is 5. The summed E-state index contributed by atoms with van der Waals surface area (Å²) in [5.41, 5.74) is 2.58. The van der Waals surface area contributed by atoms with Crippen molar-refractivity contribution in [2.45, 2.75) is 38.4 Å². The second-order valence-corrected chi connectivity index (χ2v) is 9.64. The van der Waals surface area contributed by atoms with Crippen molar-refractivity contribution in [3.8, 4) is 23.0 Å². The second kappa shape index (κ2) is 7.96. The van der Waals surface area contributed by atoms with E-state index in [9.17, 15) is 13.2 Å². The Morgan fingerprint density at radius 1 is 1.26 bits per heavy atom. The lowest BCUT2D eigenvalue weighted by Crippen LogP contribution is -2.17. The van der Waals surface area contributed by atoms with Crippen molar-refractivity contribution in [2.24, 2.45) is 5.14 Å². The molecule has 3 aromatic heterocycles. The molecule has 176 valence electrons. The monoisotopic (exact) mass is 482 g/mol. The molecule has 11 heteroatoms. The van der Waals surface area contributed by atoms with E-state index in [2.05, 4.69) is 10.1 Å². The number of pyridine rings is 1. The summed E-state index contributed by atoms with van der Waals surface area (Å²) >= 11 is 0. The molecule has 0 amide bonds. The highest BCUT2D eigenvalue weighted by Crippen LogP contribution is 2.37. The number of nitrogens with zero attached hydrogens (tertiary/aromatic N) is 3. The zero-order valence-electron chi connectivity index (χ0n) is 18.7. The van der Waals surface area contributed by atoms with E-state index < -0.39 is 16.1 Å². The number of hydrogen-bond donors (Lipinski definition) is 1. The largest absolute Gasteiger partial charge is 0.483 e.